The number of halogens is 1. The summed E-state index contributed by atoms with van der Waals surface area (Å²) < 4.78 is 13.8. The summed E-state index contributed by atoms with van der Waals surface area (Å²) in [5, 5.41) is 10.2. The van der Waals surface area contributed by atoms with Crippen molar-refractivity contribution in [2.24, 2.45) is 0 Å². The number of thiocarbonyl (C=S) groups is 1. The molecular weight excluding hydrogens is 245 g/mol. The number of benzene rings is 1. The lowest BCUT2D eigenvalue weighted by Gasteiger charge is -2.07. The highest BCUT2D eigenvalue weighted by Crippen LogP contribution is 2.30. The van der Waals surface area contributed by atoms with Gasteiger partial charge in [-0.05, 0) is 25.1 Å². The van der Waals surface area contributed by atoms with Crippen molar-refractivity contribution in [1.29, 1.82) is 0 Å². The molecule has 1 heterocycles. The number of phenols is 1. The predicted molar refractivity (Wildman–Crippen MR) is 68.8 cm³/mol. The van der Waals surface area contributed by atoms with Crippen LogP contribution in [0, 0.1) is 12.7 Å². The molecule has 1 aromatic carbocycles. The van der Waals surface area contributed by atoms with Crippen molar-refractivity contribution >= 4 is 39.9 Å². The predicted octanol–water partition coefficient (Wildman–Crippen LogP) is 2.99. The van der Waals surface area contributed by atoms with Gasteiger partial charge in [-0.15, -0.1) is 12.6 Å². The zero-order valence-corrected chi connectivity index (χ0v) is 10.1. The van der Waals surface area contributed by atoms with Gasteiger partial charge >= 0.3 is 0 Å². The highest BCUT2D eigenvalue weighted by molar-refractivity contribution is 8.11. The van der Waals surface area contributed by atoms with Crippen LogP contribution in [-0.4, -0.2) is 14.3 Å². The first-order valence-electron chi connectivity index (χ1n) is 4.53. The Labute approximate surface area is 103 Å². The van der Waals surface area contributed by atoms with Crippen LogP contribution in [0.2, 0.25) is 0 Å². The molecule has 5 heteroatoms. The van der Waals surface area contributed by atoms with Crippen LogP contribution in [0.25, 0.3) is 10.9 Å². The van der Waals surface area contributed by atoms with E-state index in [4.69, 9.17) is 12.2 Å². The van der Waals surface area contributed by atoms with E-state index in [1.807, 2.05) is 0 Å². The quantitative estimate of drug-likeness (QED) is 0.605. The minimum absolute atomic E-state index is 0.125. The molecular formula is C11H8FNOS2. The monoisotopic (exact) mass is 253 g/mol. The molecule has 0 aliphatic rings. The Morgan fingerprint density at radius 2 is 2.19 bits per heavy atom. The van der Waals surface area contributed by atoms with E-state index in [1.54, 1.807) is 19.1 Å². The summed E-state index contributed by atoms with van der Waals surface area (Å²) in [4.78, 5) is 4.10. The van der Waals surface area contributed by atoms with Crippen molar-refractivity contribution < 1.29 is 9.50 Å². The molecule has 0 radical (unpaired) electrons. The first kappa shape index (κ1) is 11.3. The van der Waals surface area contributed by atoms with Gasteiger partial charge in [0.25, 0.3) is 0 Å². The van der Waals surface area contributed by atoms with Crippen molar-refractivity contribution in [2.75, 3.05) is 0 Å². The van der Waals surface area contributed by atoms with E-state index in [9.17, 15) is 9.50 Å². The fourth-order valence-electron chi connectivity index (χ4n) is 1.49. The smallest absolute Gasteiger partial charge is 0.151 e. The van der Waals surface area contributed by atoms with Crippen LogP contribution in [0.3, 0.4) is 0 Å². The third kappa shape index (κ3) is 1.76. The molecule has 0 fully saturated rings. The van der Waals surface area contributed by atoms with Gasteiger partial charge in [-0.25, -0.2) is 9.37 Å². The van der Waals surface area contributed by atoms with Gasteiger partial charge in [-0.1, -0.05) is 12.2 Å². The molecule has 0 aliphatic heterocycles. The van der Waals surface area contributed by atoms with Gasteiger partial charge in [0.2, 0.25) is 0 Å². The standard InChI is InChI=1S/C11H8FNOS2/c1-5-2-3-6-8(12)4-7(11(15)16)10(14)9(6)13-5/h2-4,14H,1H3,(H,15,16). The van der Waals surface area contributed by atoms with Crippen molar-refractivity contribution in [1.82, 2.24) is 4.98 Å². The number of nitrogens with zero attached hydrogens (tertiary/aromatic N) is 1. The zero-order chi connectivity index (χ0) is 11.9. The number of hydrogen-bond acceptors (Lipinski definition) is 3. The average molecular weight is 253 g/mol. The molecule has 82 valence electrons. The SMILES string of the molecule is Cc1ccc2c(F)cc(C(=S)S)c(O)c2n1. The highest BCUT2D eigenvalue weighted by Gasteiger charge is 2.14. The molecule has 0 aliphatic carbocycles. The summed E-state index contributed by atoms with van der Waals surface area (Å²) in [7, 11) is 0. The maximum Gasteiger partial charge on any atom is 0.151 e. The number of phenolic OH excluding ortho intramolecular Hbond substituents is 1. The number of rotatable bonds is 1. The average Bonchev–Trinajstić information content (AvgIpc) is 2.22. The van der Waals surface area contributed by atoms with E-state index in [-0.39, 0.29) is 26.4 Å². The van der Waals surface area contributed by atoms with E-state index in [0.717, 1.165) is 0 Å². The Bertz CT molecular complexity index is 598. The van der Waals surface area contributed by atoms with E-state index in [1.165, 1.54) is 6.07 Å². The first-order chi connectivity index (χ1) is 7.50. The molecule has 0 saturated carbocycles. The molecule has 2 aromatic rings. The van der Waals surface area contributed by atoms with Crippen molar-refractivity contribution in [3.63, 3.8) is 0 Å². The zero-order valence-electron chi connectivity index (χ0n) is 8.36. The number of aryl methyl sites for hydroxylation is 1. The minimum atomic E-state index is -0.466. The van der Waals surface area contributed by atoms with Crippen LogP contribution < -0.4 is 0 Å². The Morgan fingerprint density at radius 3 is 2.81 bits per heavy atom. The van der Waals surface area contributed by atoms with Crippen molar-refractivity contribution in [3.8, 4) is 5.75 Å². The number of thiol groups is 1. The topological polar surface area (TPSA) is 33.1 Å². The third-order valence-corrected chi connectivity index (χ3v) is 2.73. The van der Waals surface area contributed by atoms with Gasteiger partial charge in [-0.2, -0.15) is 0 Å². The van der Waals surface area contributed by atoms with Gasteiger partial charge in [0.05, 0.1) is 4.20 Å². The van der Waals surface area contributed by atoms with Gasteiger partial charge in [0.1, 0.15) is 11.3 Å². The molecule has 16 heavy (non-hydrogen) atoms. The Morgan fingerprint density at radius 1 is 1.50 bits per heavy atom. The van der Waals surface area contributed by atoms with Crippen LogP contribution in [0.5, 0.6) is 5.75 Å². The highest BCUT2D eigenvalue weighted by atomic mass is 32.1. The van der Waals surface area contributed by atoms with Crippen molar-refractivity contribution in [2.45, 2.75) is 6.92 Å². The van der Waals surface area contributed by atoms with E-state index in [0.29, 0.717) is 5.69 Å². The summed E-state index contributed by atoms with van der Waals surface area (Å²) in [6, 6.07) is 4.44. The lowest BCUT2D eigenvalue weighted by molar-refractivity contribution is 0.478. The summed E-state index contributed by atoms with van der Waals surface area (Å²) in [5.41, 5.74) is 1.11. The normalized spacial score (nSPS) is 10.7. The largest absolute Gasteiger partial charge is 0.505 e. The number of aromatic hydroxyl groups is 1. The Kier molecular flexibility index (Phi) is 2.82. The number of pyridine rings is 1. The molecule has 0 amide bonds. The second-order valence-corrected chi connectivity index (χ2v) is 4.57. The maximum atomic E-state index is 13.7. The van der Waals surface area contributed by atoms with E-state index < -0.39 is 5.82 Å². The van der Waals surface area contributed by atoms with Crippen LogP contribution in [-0.2, 0) is 0 Å². The molecule has 0 spiro atoms. The van der Waals surface area contributed by atoms with Crippen molar-refractivity contribution in [3.05, 3.63) is 35.3 Å². The minimum Gasteiger partial charge on any atom is -0.505 e. The molecule has 2 nitrogen and oxygen atoms in total. The van der Waals surface area contributed by atoms with E-state index >= 15 is 0 Å². The fraction of sp³-hybridized carbons (Fsp3) is 0.0909. The molecule has 1 aromatic heterocycles. The second-order valence-electron chi connectivity index (χ2n) is 3.41. The van der Waals surface area contributed by atoms with Gasteiger partial charge in [0, 0.05) is 16.6 Å². The second kappa shape index (κ2) is 3.99. The number of aromatic nitrogens is 1. The van der Waals surface area contributed by atoms with Crippen LogP contribution in [0.1, 0.15) is 11.3 Å². The summed E-state index contributed by atoms with van der Waals surface area (Å²) in [6.45, 7) is 1.77. The fourth-order valence-corrected chi connectivity index (χ4v) is 1.82. The van der Waals surface area contributed by atoms with E-state index in [2.05, 4.69) is 17.6 Å². The molecule has 0 saturated heterocycles. The molecule has 0 unspecified atom stereocenters. The van der Waals surface area contributed by atoms with Crippen LogP contribution in [0.4, 0.5) is 4.39 Å². The third-order valence-electron chi connectivity index (χ3n) is 2.27. The summed E-state index contributed by atoms with van der Waals surface area (Å²) in [6.07, 6.45) is 0. The lowest BCUT2D eigenvalue weighted by Crippen LogP contribution is -1.95. The Balaban J connectivity index is 2.91. The number of fused-ring (bicyclic) bond motifs is 1. The van der Waals surface area contributed by atoms with Crippen LogP contribution >= 0.6 is 24.8 Å². The summed E-state index contributed by atoms with van der Waals surface area (Å²) >= 11 is 8.75. The van der Waals surface area contributed by atoms with Crippen LogP contribution in [0.15, 0.2) is 18.2 Å². The summed E-state index contributed by atoms with van der Waals surface area (Å²) in [5.74, 6) is -0.591. The van der Waals surface area contributed by atoms with Gasteiger partial charge in [-0.3, -0.25) is 0 Å². The van der Waals surface area contributed by atoms with Gasteiger partial charge < -0.3 is 5.11 Å². The molecule has 0 bridgehead atoms. The molecule has 2 rings (SSSR count). The molecule has 1 N–H and O–H groups in total. The maximum absolute atomic E-state index is 13.7. The lowest BCUT2D eigenvalue weighted by atomic mass is 10.1. The van der Waals surface area contributed by atoms with Gasteiger partial charge in [0.15, 0.2) is 5.75 Å². The molecule has 0 atom stereocenters. The Hall–Kier alpha value is -1.20. The first-order valence-corrected chi connectivity index (χ1v) is 5.38. The number of hydrogen-bond donors (Lipinski definition) is 2.